The molecular formula is C23H14BrN3O7S. The fourth-order valence-corrected chi connectivity index (χ4v) is 4.53. The Bertz CT molecular complexity index is 1410. The summed E-state index contributed by atoms with van der Waals surface area (Å²) in [5.41, 5.74) is 0.331. The second-order valence-electron chi connectivity index (χ2n) is 7.24. The maximum Gasteiger partial charge on any atom is 0.318 e. The molecule has 1 heterocycles. The van der Waals surface area contributed by atoms with Crippen LogP contribution in [0.1, 0.15) is 11.1 Å². The van der Waals surface area contributed by atoms with Gasteiger partial charge in [0.1, 0.15) is 5.75 Å². The summed E-state index contributed by atoms with van der Waals surface area (Å²) in [6.45, 7) is 0.133. The van der Waals surface area contributed by atoms with Gasteiger partial charge in [-0.3, -0.25) is 34.7 Å². The number of rotatable bonds is 7. The number of hydrogen-bond acceptors (Lipinski definition) is 8. The van der Waals surface area contributed by atoms with Crippen molar-refractivity contribution >= 4 is 56.3 Å². The molecule has 1 saturated heterocycles. The predicted octanol–water partition coefficient (Wildman–Crippen LogP) is 6.29. The molecule has 35 heavy (non-hydrogen) atoms. The van der Waals surface area contributed by atoms with E-state index < -0.39 is 32.4 Å². The summed E-state index contributed by atoms with van der Waals surface area (Å²) in [7, 11) is 0. The molecule has 2 amide bonds. The molecule has 0 N–H and O–H groups in total. The fraction of sp³-hybridized carbons (Fsp3) is 0.0435. The molecule has 0 spiro atoms. The molecule has 0 aliphatic carbocycles. The van der Waals surface area contributed by atoms with Crippen LogP contribution in [0.3, 0.4) is 0 Å². The van der Waals surface area contributed by atoms with E-state index in [2.05, 4.69) is 15.9 Å². The first kappa shape index (κ1) is 24.1. The van der Waals surface area contributed by atoms with E-state index >= 15 is 0 Å². The molecular weight excluding hydrogens is 542 g/mol. The number of hydrogen-bond donors (Lipinski definition) is 0. The maximum absolute atomic E-state index is 12.8. The number of carbonyl (C=O) groups is 2. The molecule has 0 atom stereocenters. The minimum absolute atomic E-state index is 0.133. The summed E-state index contributed by atoms with van der Waals surface area (Å²) >= 11 is 4.18. The normalized spacial score (nSPS) is 14.4. The highest BCUT2D eigenvalue weighted by Crippen LogP contribution is 2.36. The number of amides is 2. The largest absolute Gasteiger partial charge is 0.450 e. The highest BCUT2D eigenvalue weighted by atomic mass is 79.9. The quantitative estimate of drug-likeness (QED) is 0.188. The molecule has 1 aliphatic rings. The van der Waals surface area contributed by atoms with Gasteiger partial charge in [-0.05, 0) is 59.3 Å². The Morgan fingerprint density at radius 2 is 1.74 bits per heavy atom. The average Bonchev–Trinajstić information content (AvgIpc) is 3.06. The number of non-ortho nitro benzene ring substituents is 1. The van der Waals surface area contributed by atoms with Crippen molar-refractivity contribution in [3.63, 3.8) is 0 Å². The van der Waals surface area contributed by atoms with Crippen LogP contribution in [0, 0.1) is 20.2 Å². The minimum atomic E-state index is -0.770. The minimum Gasteiger partial charge on any atom is -0.450 e. The van der Waals surface area contributed by atoms with Crippen LogP contribution in [-0.2, 0) is 11.3 Å². The van der Waals surface area contributed by atoms with Gasteiger partial charge in [0.15, 0.2) is 0 Å². The van der Waals surface area contributed by atoms with Gasteiger partial charge in [-0.2, -0.15) is 0 Å². The van der Waals surface area contributed by atoms with Crippen LogP contribution in [0.2, 0.25) is 0 Å². The van der Waals surface area contributed by atoms with Crippen LogP contribution in [0.5, 0.6) is 11.5 Å². The molecule has 10 nitrogen and oxygen atoms in total. The van der Waals surface area contributed by atoms with Crippen LogP contribution in [0.25, 0.3) is 6.08 Å². The van der Waals surface area contributed by atoms with E-state index in [4.69, 9.17) is 4.74 Å². The molecule has 0 bridgehead atoms. The Kier molecular flexibility index (Phi) is 6.94. The SMILES string of the molecule is O=C1S/C(=C/c2cccc(Oc3ccc([N+](=O)[O-])cc3[N+](=O)[O-])c2)C(=O)N1Cc1cccc(Br)c1. The molecule has 1 aliphatic heterocycles. The number of nitro benzene ring substituents is 2. The van der Waals surface area contributed by atoms with Gasteiger partial charge in [-0.1, -0.05) is 40.2 Å². The van der Waals surface area contributed by atoms with Crippen molar-refractivity contribution in [3.05, 3.63) is 107 Å². The third kappa shape index (κ3) is 5.55. The molecule has 0 unspecified atom stereocenters. The van der Waals surface area contributed by atoms with Crippen molar-refractivity contribution in [3.8, 4) is 11.5 Å². The lowest BCUT2D eigenvalue weighted by atomic mass is 10.2. The highest BCUT2D eigenvalue weighted by Gasteiger charge is 2.35. The van der Waals surface area contributed by atoms with Gasteiger partial charge in [0, 0.05) is 10.5 Å². The summed E-state index contributed by atoms with van der Waals surface area (Å²) in [5, 5.41) is 21.9. The van der Waals surface area contributed by atoms with Crippen molar-refractivity contribution in [2.45, 2.75) is 6.54 Å². The molecule has 1 fully saturated rings. The van der Waals surface area contributed by atoms with Crippen LogP contribution < -0.4 is 4.74 Å². The first-order valence-corrected chi connectivity index (χ1v) is 11.5. The standard InChI is InChI=1S/C23H14BrN3O7S/c24-16-5-1-4-15(9-16)13-25-22(28)21(35-23(25)29)11-14-3-2-6-18(10-14)34-20-8-7-17(26(30)31)12-19(20)27(32)33/h1-12H,13H2/b21-11+. The molecule has 0 saturated carbocycles. The lowest BCUT2D eigenvalue weighted by Gasteiger charge is -2.12. The van der Waals surface area contributed by atoms with E-state index in [-0.39, 0.29) is 22.9 Å². The van der Waals surface area contributed by atoms with Gasteiger partial charge in [-0.15, -0.1) is 0 Å². The number of nitrogens with zero attached hydrogens (tertiary/aromatic N) is 3. The van der Waals surface area contributed by atoms with E-state index in [1.165, 1.54) is 12.1 Å². The van der Waals surface area contributed by atoms with E-state index in [9.17, 15) is 29.8 Å². The zero-order valence-corrected chi connectivity index (χ0v) is 20.0. The Morgan fingerprint density at radius 3 is 2.46 bits per heavy atom. The second-order valence-corrected chi connectivity index (χ2v) is 9.15. The van der Waals surface area contributed by atoms with Crippen molar-refractivity contribution in [2.75, 3.05) is 0 Å². The first-order valence-electron chi connectivity index (χ1n) is 9.92. The van der Waals surface area contributed by atoms with Gasteiger partial charge in [0.05, 0.1) is 27.4 Å². The zero-order valence-electron chi connectivity index (χ0n) is 17.6. The molecule has 4 rings (SSSR count). The van der Waals surface area contributed by atoms with E-state index in [0.717, 1.165) is 44.9 Å². The molecule has 176 valence electrons. The third-order valence-electron chi connectivity index (χ3n) is 4.84. The summed E-state index contributed by atoms with van der Waals surface area (Å²) in [6.07, 6.45) is 1.53. The van der Waals surface area contributed by atoms with Crippen LogP contribution >= 0.6 is 27.7 Å². The van der Waals surface area contributed by atoms with Gasteiger partial charge in [-0.25, -0.2) is 0 Å². The molecule has 0 radical (unpaired) electrons. The zero-order chi connectivity index (χ0) is 25.1. The van der Waals surface area contributed by atoms with Crippen molar-refractivity contribution < 1.29 is 24.2 Å². The number of thioether (sulfide) groups is 1. The maximum atomic E-state index is 12.8. The van der Waals surface area contributed by atoms with Gasteiger partial charge < -0.3 is 4.74 Å². The fourth-order valence-electron chi connectivity index (χ4n) is 3.25. The number of nitro groups is 2. The monoisotopic (exact) mass is 555 g/mol. The Hall–Kier alpha value is -4.03. The first-order chi connectivity index (χ1) is 16.7. The number of imide groups is 1. The smallest absolute Gasteiger partial charge is 0.318 e. The van der Waals surface area contributed by atoms with Gasteiger partial charge in [0.25, 0.3) is 16.8 Å². The lowest BCUT2D eigenvalue weighted by Crippen LogP contribution is -2.27. The topological polar surface area (TPSA) is 133 Å². The number of benzene rings is 3. The van der Waals surface area contributed by atoms with Crippen LogP contribution in [0.15, 0.2) is 76.1 Å². The number of halogens is 1. The van der Waals surface area contributed by atoms with E-state index in [0.29, 0.717) is 5.56 Å². The summed E-state index contributed by atoms with van der Waals surface area (Å²) in [5.74, 6) is -0.395. The van der Waals surface area contributed by atoms with Crippen LogP contribution in [0.4, 0.5) is 16.2 Å². The summed E-state index contributed by atoms with van der Waals surface area (Å²) in [6, 6.07) is 16.7. The summed E-state index contributed by atoms with van der Waals surface area (Å²) in [4.78, 5) is 47.4. The Balaban J connectivity index is 1.55. The van der Waals surface area contributed by atoms with Crippen molar-refractivity contribution in [1.29, 1.82) is 0 Å². The third-order valence-corrected chi connectivity index (χ3v) is 6.24. The Labute approximate surface area is 210 Å². The van der Waals surface area contributed by atoms with Crippen molar-refractivity contribution in [1.82, 2.24) is 4.90 Å². The Morgan fingerprint density at radius 1 is 0.971 bits per heavy atom. The highest BCUT2D eigenvalue weighted by molar-refractivity contribution is 9.10. The number of ether oxygens (including phenoxy) is 1. The molecule has 3 aromatic carbocycles. The molecule has 12 heteroatoms. The average molecular weight is 556 g/mol. The second kappa shape index (κ2) is 10.1. The molecule has 3 aromatic rings. The predicted molar refractivity (Wildman–Crippen MR) is 132 cm³/mol. The van der Waals surface area contributed by atoms with Gasteiger partial charge in [0.2, 0.25) is 5.75 Å². The number of carbonyl (C=O) groups excluding carboxylic acids is 2. The van der Waals surface area contributed by atoms with Gasteiger partial charge >= 0.3 is 5.69 Å². The van der Waals surface area contributed by atoms with E-state index in [1.54, 1.807) is 18.2 Å². The van der Waals surface area contributed by atoms with Crippen LogP contribution in [-0.4, -0.2) is 25.9 Å². The van der Waals surface area contributed by atoms with E-state index in [1.807, 2.05) is 24.3 Å². The summed E-state index contributed by atoms with van der Waals surface area (Å²) < 4.78 is 6.44. The lowest BCUT2D eigenvalue weighted by molar-refractivity contribution is -0.394. The van der Waals surface area contributed by atoms with Crippen molar-refractivity contribution in [2.24, 2.45) is 0 Å². The molecule has 0 aromatic heterocycles.